The molecule has 1 unspecified atom stereocenters. The lowest BCUT2D eigenvalue weighted by Crippen LogP contribution is -2.24. The van der Waals surface area contributed by atoms with Gasteiger partial charge in [-0.25, -0.2) is 4.79 Å². The van der Waals surface area contributed by atoms with Gasteiger partial charge in [-0.1, -0.05) is 0 Å². The molecule has 1 aliphatic rings. The van der Waals surface area contributed by atoms with Gasteiger partial charge in [0.05, 0.1) is 6.61 Å². The molecule has 4 heteroatoms. The van der Waals surface area contributed by atoms with Crippen LogP contribution in [0.1, 0.15) is 6.42 Å². The van der Waals surface area contributed by atoms with Crippen molar-refractivity contribution in [1.29, 1.82) is 0 Å². The van der Waals surface area contributed by atoms with Crippen molar-refractivity contribution < 1.29 is 14.6 Å². The third-order valence-corrected chi connectivity index (χ3v) is 1.96. The maximum Gasteiger partial charge on any atom is 0.348 e. The second kappa shape index (κ2) is 1.84. The molecule has 0 spiro atoms. The molecular formula is C4H5IO3. The van der Waals surface area contributed by atoms with Crippen LogP contribution in [0, 0.1) is 0 Å². The molecule has 46 valence electrons. The fraction of sp³-hybridized carbons (Fsp3) is 0.750. The molecule has 0 radical (unpaired) electrons. The monoisotopic (exact) mass is 228 g/mol. The first-order valence-corrected chi connectivity index (χ1v) is 3.29. The van der Waals surface area contributed by atoms with Gasteiger partial charge in [0, 0.05) is 6.42 Å². The minimum atomic E-state index is -1.24. The van der Waals surface area contributed by atoms with Crippen LogP contribution in [0.5, 0.6) is 0 Å². The van der Waals surface area contributed by atoms with Gasteiger partial charge < -0.3 is 9.84 Å². The highest BCUT2D eigenvalue weighted by Crippen LogP contribution is 2.26. The van der Waals surface area contributed by atoms with Gasteiger partial charge >= 0.3 is 5.97 Å². The zero-order chi connectivity index (χ0) is 6.20. The van der Waals surface area contributed by atoms with Crippen LogP contribution < -0.4 is 0 Å². The molecule has 1 fully saturated rings. The highest BCUT2D eigenvalue weighted by atomic mass is 127. The molecule has 1 rings (SSSR count). The molecule has 1 saturated heterocycles. The molecule has 1 N–H and O–H groups in total. The first kappa shape index (κ1) is 6.28. The Balaban J connectivity index is 2.68. The van der Waals surface area contributed by atoms with Crippen LogP contribution >= 0.6 is 22.6 Å². The smallest absolute Gasteiger partial charge is 0.348 e. The van der Waals surface area contributed by atoms with Gasteiger partial charge in [0.25, 0.3) is 0 Å². The molecule has 0 aromatic carbocycles. The van der Waals surface area contributed by atoms with E-state index in [1.165, 1.54) is 0 Å². The minimum Gasteiger partial charge on any atom is -0.463 e. The maximum absolute atomic E-state index is 10.4. The van der Waals surface area contributed by atoms with E-state index in [2.05, 4.69) is 4.74 Å². The average Bonchev–Trinajstić information content (AvgIpc) is 1.86. The van der Waals surface area contributed by atoms with Crippen molar-refractivity contribution in [1.82, 2.24) is 0 Å². The van der Waals surface area contributed by atoms with E-state index in [0.717, 1.165) is 0 Å². The molecule has 1 aliphatic heterocycles. The third kappa shape index (κ3) is 0.947. The summed E-state index contributed by atoms with van der Waals surface area (Å²) in [5.41, 5.74) is 0. The zero-order valence-electron chi connectivity index (χ0n) is 4.06. The van der Waals surface area contributed by atoms with E-state index in [1.54, 1.807) is 22.6 Å². The van der Waals surface area contributed by atoms with Crippen molar-refractivity contribution in [2.45, 2.75) is 10.0 Å². The van der Waals surface area contributed by atoms with Gasteiger partial charge in [-0.2, -0.15) is 0 Å². The Morgan fingerprint density at radius 2 is 2.50 bits per heavy atom. The van der Waals surface area contributed by atoms with Crippen LogP contribution in [-0.4, -0.2) is 21.3 Å². The predicted molar refractivity (Wildman–Crippen MR) is 34.5 cm³/mol. The Labute approximate surface area is 60.2 Å². The molecule has 0 aromatic heterocycles. The van der Waals surface area contributed by atoms with E-state index in [1.807, 2.05) is 0 Å². The predicted octanol–water partition coefficient (Wildman–Crippen LogP) is 0.0569. The lowest BCUT2D eigenvalue weighted by atomic mass is 10.3. The molecule has 1 atom stereocenters. The normalized spacial score (nSPS) is 37.5. The van der Waals surface area contributed by atoms with E-state index in [4.69, 9.17) is 5.11 Å². The van der Waals surface area contributed by atoms with Gasteiger partial charge in [-0.05, 0) is 22.6 Å². The van der Waals surface area contributed by atoms with E-state index in [0.29, 0.717) is 13.0 Å². The zero-order valence-corrected chi connectivity index (χ0v) is 6.21. The summed E-state index contributed by atoms with van der Waals surface area (Å²) in [5, 5.41) is 8.98. The summed E-state index contributed by atoms with van der Waals surface area (Å²) in [5.74, 6) is -0.516. The number of cyclic esters (lactones) is 1. The number of esters is 1. The summed E-state index contributed by atoms with van der Waals surface area (Å²) in [4.78, 5) is 10.4. The molecule has 0 aromatic rings. The number of halogens is 1. The Kier molecular flexibility index (Phi) is 1.44. The molecular weight excluding hydrogens is 223 g/mol. The number of carbonyl (C=O) groups is 1. The van der Waals surface area contributed by atoms with Crippen LogP contribution in [0.2, 0.25) is 0 Å². The van der Waals surface area contributed by atoms with E-state index in [-0.39, 0.29) is 0 Å². The van der Waals surface area contributed by atoms with Crippen molar-refractivity contribution in [3.63, 3.8) is 0 Å². The van der Waals surface area contributed by atoms with Crippen molar-refractivity contribution in [2.24, 2.45) is 0 Å². The molecule has 0 saturated carbocycles. The van der Waals surface area contributed by atoms with Gasteiger partial charge in [-0.3, -0.25) is 0 Å². The van der Waals surface area contributed by atoms with E-state index in [9.17, 15) is 4.79 Å². The second-order valence-electron chi connectivity index (χ2n) is 1.65. The second-order valence-corrected chi connectivity index (χ2v) is 3.43. The van der Waals surface area contributed by atoms with Gasteiger partial charge in [0.1, 0.15) is 0 Å². The van der Waals surface area contributed by atoms with Gasteiger partial charge in [-0.15, -0.1) is 0 Å². The number of ether oxygens (including phenoxy) is 1. The van der Waals surface area contributed by atoms with Crippen molar-refractivity contribution >= 4 is 28.6 Å². The molecule has 8 heavy (non-hydrogen) atoms. The molecule has 0 amide bonds. The minimum absolute atomic E-state index is 0.346. The Hall–Kier alpha value is 0.160. The number of alkyl halides is 1. The van der Waals surface area contributed by atoms with Crippen LogP contribution in [0.4, 0.5) is 0 Å². The van der Waals surface area contributed by atoms with E-state index >= 15 is 0 Å². The van der Waals surface area contributed by atoms with Crippen LogP contribution in [0.25, 0.3) is 0 Å². The quantitative estimate of drug-likeness (QED) is 0.362. The lowest BCUT2D eigenvalue weighted by Gasteiger charge is -2.04. The first-order valence-electron chi connectivity index (χ1n) is 2.21. The number of carbonyl (C=O) groups excluding carboxylic acids is 1. The standard InChI is InChI=1S/C4H5IO3/c5-4(7)1-2-8-3(4)6/h7H,1-2H2. The SMILES string of the molecule is O=C1OCCC1(O)I. The summed E-state index contributed by atoms with van der Waals surface area (Å²) in [6, 6.07) is 0. The first-order chi connectivity index (χ1) is 3.63. The maximum atomic E-state index is 10.4. The molecule has 0 aliphatic carbocycles. The third-order valence-electron chi connectivity index (χ3n) is 0.979. The van der Waals surface area contributed by atoms with Crippen LogP contribution in [0.3, 0.4) is 0 Å². The number of hydrogen-bond acceptors (Lipinski definition) is 3. The average molecular weight is 228 g/mol. The van der Waals surface area contributed by atoms with Crippen molar-refractivity contribution in [3.05, 3.63) is 0 Å². The summed E-state index contributed by atoms with van der Waals surface area (Å²) < 4.78 is 3.23. The van der Waals surface area contributed by atoms with Crippen LogP contribution in [0.15, 0.2) is 0 Å². The fourth-order valence-electron chi connectivity index (χ4n) is 0.492. The van der Waals surface area contributed by atoms with Gasteiger partial charge in [0.15, 0.2) is 0 Å². The van der Waals surface area contributed by atoms with E-state index < -0.39 is 9.58 Å². The highest BCUT2D eigenvalue weighted by Gasteiger charge is 2.39. The molecule has 1 heterocycles. The summed E-state index contributed by atoms with van der Waals surface area (Å²) in [7, 11) is 0. The number of hydrogen-bond donors (Lipinski definition) is 1. The van der Waals surface area contributed by atoms with Gasteiger partial charge in [0.2, 0.25) is 3.61 Å². The highest BCUT2D eigenvalue weighted by molar-refractivity contribution is 14.1. The molecule has 0 bridgehead atoms. The summed E-state index contributed by atoms with van der Waals surface area (Å²) in [6.07, 6.45) is 0.409. The summed E-state index contributed by atoms with van der Waals surface area (Å²) >= 11 is 1.67. The van der Waals surface area contributed by atoms with Crippen molar-refractivity contribution in [3.8, 4) is 0 Å². The Bertz CT molecular complexity index is 120. The fourth-order valence-corrected chi connectivity index (χ4v) is 0.868. The number of aliphatic hydroxyl groups is 1. The molecule has 3 nitrogen and oxygen atoms in total. The Morgan fingerprint density at radius 1 is 1.88 bits per heavy atom. The number of rotatable bonds is 0. The summed E-state index contributed by atoms with van der Waals surface area (Å²) in [6.45, 7) is 0.346. The Morgan fingerprint density at radius 3 is 2.62 bits per heavy atom. The largest absolute Gasteiger partial charge is 0.463 e. The van der Waals surface area contributed by atoms with Crippen LogP contribution in [-0.2, 0) is 9.53 Å². The van der Waals surface area contributed by atoms with Crippen molar-refractivity contribution in [2.75, 3.05) is 6.61 Å². The lowest BCUT2D eigenvalue weighted by molar-refractivity contribution is -0.145. The topological polar surface area (TPSA) is 46.5 Å².